The summed E-state index contributed by atoms with van der Waals surface area (Å²) in [4.78, 5) is 26.6. The summed E-state index contributed by atoms with van der Waals surface area (Å²) < 4.78 is 1.20. The molecule has 154 valence electrons. The Kier molecular flexibility index (Phi) is 5.69. The SMILES string of the molecule is Cc1c(Cl)cccc1NC(=O)c1c(-c2ccccc2)c(-c2ccccc2)nn(C)c1=O. The van der Waals surface area contributed by atoms with E-state index in [-0.39, 0.29) is 5.56 Å². The smallest absolute Gasteiger partial charge is 0.280 e. The van der Waals surface area contributed by atoms with Crippen molar-refractivity contribution in [3.05, 3.63) is 105 Å². The van der Waals surface area contributed by atoms with E-state index in [0.717, 1.165) is 16.7 Å². The summed E-state index contributed by atoms with van der Waals surface area (Å²) >= 11 is 6.21. The molecular weight excluding hydrogens is 410 g/mol. The summed E-state index contributed by atoms with van der Waals surface area (Å²) in [7, 11) is 1.55. The van der Waals surface area contributed by atoms with Crippen molar-refractivity contribution in [2.45, 2.75) is 6.92 Å². The zero-order chi connectivity index (χ0) is 22.0. The third-order valence-corrected chi connectivity index (χ3v) is 5.51. The predicted molar refractivity (Wildman–Crippen MR) is 124 cm³/mol. The Morgan fingerprint density at radius 1 is 0.903 bits per heavy atom. The van der Waals surface area contributed by atoms with Gasteiger partial charge in [0.25, 0.3) is 11.5 Å². The van der Waals surface area contributed by atoms with Gasteiger partial charge in [-0.15, -0.1) is 0 Å². The molecule has 0 aliphatic rings. The first-order valence-electron chi connectivity index (χ1n) is 9.76. The molecule has 0 saturated heterocycles. The van der Waals surface area contributed by atoms with E-state index >= 15 is 0 Å². The maximum Gasteiger partial charge on any atom is 0.280 e. The van der Waals surface area contributed by atoms with Gasteiger partial charge in [0, 0.05) is 28.9 Å². The van der Waals surface area contributed by atoms with Gasteiger partial charge in [-0.25, -0.2) is 4.68 Å². The molecule has 0 saturated carbocycles. The van der Waals surface area contributed by atoms with Gasteiger partial charge >= 0.3 is 0 Å². The Morgan fingerprint density at radius 3 is 2.16 bits per heavy atom. The molecule has 1 amide bonds. The standard InChI is InChI=1S/C25H20ClN3O2/c1-16-19(26)14-9-15-20(16)27-24(30)22-21(17-10-5-3-6-11-17)23(28-29(2)25(22)31)18-12-7-4-8-13-18/h3-15H,1-2H3,(H,27,30). The zero-order valence-electron chi connectivity index (χ0n) is 17.1. The molecular formula is C25H20ClN3O2. The summed E-state index contributed by atoms with van der Waals surface area (Å²) in [6.45, 7) is 1.82. The highest BCUT2D eigenvalue weighted by Crippen LogP contribution is 2.32. The number of rotatable bonds is 4. The van der Waals surface area contributed by atoms with E-state index in [1.165, 1.54) is 4.68 Å². The van der Waals surface area contributed by atoms with Crippen molar-refractivity contribution < 1.29 is 4.79 Å². The van der Waals surface area contributed by atoms with Crippen LogP contribution >= 0.6 is 11.6 Å². The molecule has 0 aliphatic heterocycles. The van der Waals surface area contributed by atoms with Crippen molar-refractivity contribution in [1.29, 1.82) is 0 Å². The van der Waals surface area contributed by atoms with Crippen molar-refractivity contribution in [3.63, 3.8) is 0 Å². The lowest BCUT2D eigenvalue weighted by atomic mass is 9.95. The first-order chi connectivity index (χ1) is 15.0. The van der Waals surface area contributed by atoms with E-state index in [4.69, 9.17) is 11.6 Å². The highest BCUT2D eigenvalue weighted by molar-refractivity contribution is 6.31. The summed E-state index contributed by atoms with van der Waals surface area (Å²) in [5, 5.41) is 7.90. The molecule has 1 heterocycles. The van der Waals surface area contributed by atoms with E-state index in [9.17, 15) is 9.59 Å². The molecule has 0 atom stereocenters. The fourth-order valence-corrected chi connectivity index (χ4v) is 3.63. The van der Waals surface area contributed by atoms with Crippen molar-refractivity contribution >= 4 is 23.2 Å². The summed E-state index contributed by atoms with van der Waals surface area (Å²) in [5.74, 6) is -0.510. The van der Waals surface area contributed by atoms with Crippen LogP contribution in [0, 0.1) is 6.92 Å². The van der Waals surface area contributed by atoms with Crippen LogP contribution in [0.25, 0.3) is 22.4 Å². The fraction of sp³-hybridized carbons (Fsp3) is 0.0800. The highest BCUT2D eigenvalue weighted by atomic mass is 35.5. The maximum absolute atomic E-state index is 13.4. The highest BCUT2D eigenvalue weighted by Gasteiger charge is 2.24. The summed E-state index contributed by atoms with van der Waals surface area (Å²) in [5.41, 5.74) is 3.43. The second kappa shape index (κ2) is 8.58. The monoisotopic (exact) mass is 429 g/mol. The molecule has 1 aromatic heterocycles. The summed E-state index contributed by atoms with van der Waals surface area (Å²) in [6, 6.07) is 24.1. The van der Waals surface area contributed by atoms with Crippen LogP contribution in [0.3, 0.4) is 0 Å². The molecule has 1 N–H and O–H groups in total. The Labute approximate surface area is 184 Å². The maximum atomic E-state index is 13.4. The van der Waals surface area contributed by atoms with Gasteiger partial charge in [-0.05, 0) is 30.2 Å². The molecule has 0 fully saturated rings. The second-order valence-corrected chi connectivity index (χ2v) is 7.53. The number of carbonyl (C=O) groups excluding carboxylic acids is 1. The van der Waals surface area contributed by atoms with Crippen LogP contribution < -0.4 is 10.9 Å². The van der Waals surface area contributed by atoms with Crippen molar-refractivity contribution in [1.82, 2.24) is 9.78 Å². The van der Waals surface area contributed by atoms with Crippen molar-refractivity contribution in [2.75, 3.05) is 5.32 Å². The molecule has 0 radical (unpaired) electrons. The topological polar surface area (TPSA) is 64.0 Å². The molecule has 0 aliphatic carbocycles. The fourth-order valence-electron chi connectivity index (χ4n) is 3.45. The number of hydrogen-bond donors (Lipinski definition) is 1. The van der Waals surface area contributed by atoms with Crippen LogP contribution in [0.5, 0.6) is 0 Å². The third kappa shape index (κ3) is 4.00. The van der Waals surface area contributed by atoms with Crippen molar-refractivity contribution in [2.24, 2.45) is 7.05 Å². The van der Waals surface area contributed by atoms with Gasteiger partial charge in [0.05, 0.1) is 5.69 Å². The van der Waals surface area contributed by atoms with Gasteiger partial charge in [0.15, 0.2) is 0 Å². The minimum Gasteiger partial charge on any atom is -0.322 e. The van der Waals surface area contributed by atoms with Gasteiger partial charge in [0.2, 0.25) is 0 Å². The lowest BCUT2D eigenvalue weighted by Crippen LogP contribution is -2.31. The first kappa shape index (κ1) is 20.6. The van der Waals surface area contributed by atoms with E-state index in [0.29, 0.717) is 22.0 Å². The number of amides is 1. The number of aryl methyl sites for hydroxylation is 1. The number of hydrogen-bond acceptors (Lipinski definition) is 3. The molecule has 4 aromatic rings. The van der Waals surface area contributed by atoms with Crippen LogP contribution in [0.1, 0.15) is 15.9 Å². The van der Waals surface area contributed by atoms with Crippen LogP contribution in [0.2, 0.25) is 5.02 Å². The Hall–Kier alpha value is -3.70. The third-order valence-electron chi connectivity index (χ3n) is 5.10. The minimum absolute atomic E-state index is 0.0296. The summed E-state index contributed by atoms with van der Waals surface area (Å²) in [6.07, 6.45) is 0. The Morgan fingerprint density at radius 2 is 1.52 bits per heavy atom. The first-order valence-corrected chi connectivity index (χ1v) is 10.1. The van der Waals surface area contributed by atoms with Gasteiger partial charge in [-0.2, -0.15) is 5.10 Å². The van der Waals surface area contributed by atoms with Crippen LogP contribution in [0.4, 0.5) is 5.69 Å². The number of benzene rings is 3. The number of halogens is 1. The minimum atomic E-state index is -0.510. The molecule has 0 spiro atoms. The number of anilines is 1. The largest absolute Gasteiger partial charge is 0.322 e. The zero-order valence-corrected chi connectivity index (χ0v) is 17.9. The van der Waals surface area contributed by atoms with Crippen molar-refractivity contribution in [3.8, 4) is 22.4 Å². The normalized spacial score (nSPS) is 10.7. The van der Waals surface area contributed by atoms with Gasteiger partial charge in [-0.3, -0.25) is 9.59 Å². The van der Waals surface area contributed by atoms with Gasteiger partial charge in [0.1, 0.15) is 5.56 Å². The quantitative estimate of drug-likeness (QED) is 0.477. The lowest BCUT2D eigenvalue weighted by molar-refractivity contribution is 0.102. The lowest BCUT2D eigenvalue weighted by Gasteiger charge is -2.16. The molecule has 6 heteroatoms. The predicted octanol–water partition coefficient (Wildman–Crippen LogP) is 5.33. The number of nitrogens with zero attached hydrogens (tertiary/aromatic N) is 2. The average molecular weight is 430 g/mol. The van der Waals surface area contributed by atoms with E-state index < -0.39 is 11.5 Å². The van der Waals surface area contributed by atoms with E-state index in [2.05, 4.69) is 10.4 Å². The number of aromatic nitrogens is 2. The Bertz CT molecular complexity index is 1320. The second-order valence-electron chi connectivity index (χ2n) is 7.13. The van der Waals surface area contributed by atoms with E-state index in [1.54, 1.807) is 25.2 Å². The molecule has 31 heavy (non-hydrogen) atoms. The van der Waals surface area contributed by atoms with Gasteiger partial charge in [-0.1, -0.05) is 78.3 Å². The molecule has 3 aromatic carbocycles. The van der Waals surface area contributed by atoms with Crippen LogP contribution in [-0.2, 0) is 7.05 Å². The molecule has 0 unspecified atom stereocenters. The number of nitrogens with one attached hydrogen (secondary N) is 1. The van der Waals surface area contributed by atoms with Crippen LogP contribution in [0.15, 0.2) is 83.7 Å². The molecule has 0 bridgehead atoms. The van der Waals surface area contributed by atoms with Crippen LogP contribution in [-0.4, -0.2) is 15.7 Å². The number of carbonyl (C=O) groups is 1. The average Bonchev–Trinajstić information content (AvgIpc) is 2.79. The molecule has 5 nitrogen and oxygen atoms in total. The van der Waals surface area contributed by atoms with E-state index in [1.807, 2.05) is 67.6 Å². The van der Waals surface area contributed by atoms with Gasteiger partial charge < -0.3 is 5.32 Å². The Balaban J connectivity index is 1.97. The molecule has 4 rings (SSSR count).